The van der Waals surface area contributed by atoms with Gasteiger partial charge in [0.15, 0.2) is 0 Å². The van der Waals surface area contributed by atoms with Crippen molar-refractivity contribution in [3.63, 3.8) is 0 Å². The third-order valence-electron chi connectivity index (χ3n) is 5.78. The predicted octanol–water partition coefficient (Wildman–Crippen LogP) is 4.96. The van der Waals surface area contributed by atoms with Crippen LogP contribution in [-0.4, -0.2) is 21.2 Å². The molecule has 1 aliphatic carbocycles. The number of aromatic nitrogens is 2. The molecule has 5 rings (SSSR count). The minimum Gasteiger partial charge on any atom is -0.293 e. The molecule has 2 heterocycles. The van der Waals surface area contributed by atoms with Crippen molar-refractivity contribution in [3.8, 4) is 5.69 Å². The monoisotopic (exact) mass is 443 g/mol. The summed E-state index contributed by atoms with van der Waals surface area (Å²) in [4.78, 5) is 2.34. The molecule has 0 N–H and O–H groups in total. The van der Waals surface area contributed by atoms with Crippen molar-refractivity contribution in [1.29, 1.82) is 0 Å². The molecule has 0 unspecified atom stereocenters. The summed E-state index contributed by atoms with van der Waals surface area (Å²) in [5.41, 5.74) is 6.45. The number of halogens is 3. The molecule has 0 bridgehead atoms. The Labute approximate surface area is 171 Å². The van der Waals surface area contributed by atoms with E-state index in [0.29, 0.717) is 0 Å². The minimum atomic E-state index is -0.238. The molecule has 0 saturated heterocycles. The lowest BCUT2D eigenvalue weighted by Gasteiger charge is -2.28. The summed E-state index contributed by atoms with van der Waals surface area (Å²) in [6, 6.07) is 10.1. The Morgan fingerprint density at radius 1 is 1.00 bits per heavy atom. The maximum absolute atomic E-state index is 14.2. The van der Waals surface area contributed by atoms with Crippen LogP contribution in [0.5, 0.6) is 0 Å². The summed E-state index contributed by atoms with van der Waals surface area (Å²) in [6.45, 7) is 2.30. The zero-order chi connectivity index (χ0) is 19.3. The molecule has 1 aromatic heterocycles. The first-order valence-electron chi connectivity index (χ1n) is 9.63. The summed E-state index contributed by atoms with van der Waals surface area (Å²) in [6.07, 6.45) is 3.88. The molecule has 0 saturated carbocycles. The largest absolute Gasteiger partial charge is 0.293 e. The zero-order valence-electron chi connectivity index (χ0n) is 15.4. The number of benzene rings is 2. The van der Waals surface area contributed by atoms with E-state index in [-0.39, 0.29) is 11.6 Å². The maximum atomic E-state index is 14.2. The molecule has 2 aromatic carbocycles. The van der Waals surface area contributed by atoms with Crippen molar-refractivity contribution < 1.29 is 8.78 Å². The number of hydrogen-bond donors (Lipinski definition) is 0. The van der Waals surface area contributed by atoms with E-state index in [2.05, 4.69) is 20.8 Å². The van der Waals surface area contributed by atoms with Gasteiger partial charge in [0.2, 0.25) is 0 Å². The molecule has 28 heavy (non-hydrogen) atoms. The minimum absolute atomic E-state index is 0.120. The van der Waals surface area contributed by atoms with Crippen LogP contribution in [0.4, 0.5) is 8.78 Å². The number of rotatable bonds is 3. The Kier molecular flexibility index (Phi) is 4.56. The van der Waals surface area contributed by atoms with Gasteiger partial charge in [-0.15, -0.1) is 0 Å². The topological polar surface area (TPSA) is 21.1 Å². The smallest absolute Gasteiger partial charge is 0.127 e. The van der Waals surface area contributed by atoms with Crippen LogP contribution < -0.4 is 0 Å². The number of fused-ring (bicyclic) bond motifs is 2. The second-order valence-corrected chi connectivity index (χ2v) is 8.52. The van der Waals surface area contributed by atoms with Crippen molar-refractivity contribution in [1.82, 2.24) is 14.7 Å². The Bertz CT molecular complexity index is 1040. The first-order chi connectivity index (χ1) is 13.6. The Morgan fingerprint density at radius 3 is 2.64 bits per heavy atom. The van der Waals surface area contributed by atoms with Crippen LogP contribution in [0, 0.1) is 11.6 Å². The quantitative estimate of drug-likeness (QED) is 0.570. The summed E-state index contributed by atoms with van der Waals surface area (Å²) < 4.78 is 30.3. The fourth-order valence-corrected chi connectivity index (χ4v) is 4.93. The molecule has 3 nitrogen and oxygen atoms in total. The van der Waals surface area contributed by atoms with Gasteiger partial charge in [0.1, 0.15) is 11.6 Å². The van der Waals surface area contributed by atoms with E-state index < -0.39 is 0 Å². The Balaban J connectivity index is 1.43. The molecule has 0 spiro atoms. The van der Waals surface area contributed by atoms with Gasteiger partial charge in [0.25, 0.3) is 0 Å². The molecule has 3 aromatic rings. The van der Waals surface area contributed by atoms with E-state index in [1.165, 1.54) is 23.4 Å². The average Bonchev–Trinajstić information content (AvgIpc) is 3.26. The molecular formula is C22H20BrF2N3. The van der Waals surface area contributed by atoms with Gasteiger partial charge in [0, 0.05) is 29.8 Å². The van der Waals surface area contributed by atoms with Gasteiger partial charge < -0.3 is 0 Å². The molecule has 0 amide bonds. The van der Waals surface area contributed by atoms with Gasteiger partial charge in [-0.05, 0) is 78.8 Å². The predicted molar refractivity (Wildman–Crippen MR) is 107 cm³/mol. The van der Waals surface area contributed by atoms with Gasteiger partial charge in [-0.3, -0.25) is 4.90 Å². The van der Waals surface area contributed by atoms with Crippen LogP contribution in [0.25, 0.3) is 5.69 Å². The van der Waals surface area contributed by atoms with Crippen molar-refractivity contribution in [3.05, 3.63) is 80.6 Å². The molecule has 0 fully saturated rings. The Morgan fingerprint density at radius 2 is 1.82 bits per heavy atom. The van der Waals surface area contributed by atoms with Crippen LogP contribution in [0.3, 0.4) is 0 Å². The summed E-state index contributed by atoms with van der Waals surface area (Å²) in [7, 11) is 0. The van der Waals surface area contributed by atoms with Gasteiger partial charge in [0.05, 0.1) is 11.4 Å². The van der Waals surface area contributed by atoms with Crippen molar-refractivity contribution in [2.24, 2.45) is 0 Å². The maximum Gasteiger partial charge on any atom is 0.127 e. The van der Waals surface area contributed by atoms with Gasteiger partial charge in [-0.1, -0.05) is 15.9 Å². The molecular weight excluding hydrogens is 424 g/mol. The lowest BCUT2D eigenvalue weighted by atomic mass is 9.99. The highest BCUT2D eigenvalue weighted by Crippen LogP contribution is 2.31. The first kappa shape index (κ1) is 18.0. The van der Waals surface area contributed by atoms with E-state index in [9.17, 15) is 8.78 Å². The van der Waals surface area contributed by atoms with Gasteiger partial charge in [-0.25, -0.2) is 13.5 Å². The number of nitrogens with zero attached hydrogens (tertiary/aromatic N) is 3. The van der Waals surface area contributed by atoms with Crippen molar-refractivity contribution in [2.45, 2.75) is 38.8 Å². The lowest BCUT2D eigenvalue weighted by molar-refractivity contribution is 0.239. The highest BCUT2D eigenvalue weighted by Gasteiger charge is 2.26. The third kappa shape index (κ3) is 3.18. The standard InChI is InChI=1S/C22H20BrF2N3/c23-15-10-14-12-27(9-8-18(14)20(25)11-15)13-21-19-2-1-3-22(19)28(26-21)17-6-4-16(24)5-7-17/h4-7,10-11H,1-3,8-9,12-13H2. The Hall–Kier alpha value is -2.05. The van der Waals surface area contributed by atoms with E-state index in [1.54, 1.807) is 18.2 Å². The SMILES string of the molecule is Fc1ccc(-n2nc(CN3CCc4c(F)cc(Br)cc4C3)c3c2CCC3)cc1. The van der Waals surface area contributed by atoms with Crippen molar-refractivity contribution in [2.75, 3.05) is 6.54 Å². The lowest BCUT2D eigenvalue weighted by Crippen LogP contribution is -2.31. The van der Waals surface area contributed by atoms with E-state index in [4.69, 9.17) is 5.10 Å². The van der Waals surface area contributed by atoms with Crippen LogP contribution in [0.1, 0.15) is 34.5 Å². The highest BCUT2D eigenvalue weighted by molar-refractivity contribution is 9.10. The van der Waals surface area contributed by atoms with Gasteiger partial charge >= 0.3 is 0 Å². The van der Waals surface area contributed by atoms with Crippen molar-refractivity contribution >= 4 is 15.9 Å². The zero-order valence-corrected chi connectivity index (χ0v) is 17.0. The fraction of sp³-hybridized carbons (Fsp3) is 0.318. The number of hydrogen-bond acceptors (Lipinski definition) is 2. The van der Waals surface area contributed by atoms with Crippen LogP contribution in [0.2, 0.25) is 0 Å². The third-order valence-corrected chi connectivity index (χ3v) is 6.24. The molecule has 2 aliphatic rings. The fourth-order valence-electron chi connectivity index (χ4n) is 4.45. The average molecular weight is 444 g/mol. The summed E-state index contributed by atoms with van der Waals surface area (Å²) >= 11 is 3.40. The molecule has 1 aliphatic heterocycles. The molecule has 144 valence electrons. The molecule has 0 atom stereocenters. The summed E-state index contributed by atoms with van der Waals surface area (Å²) in [5, 5.41) is 4.89. The van der Waals surface area contributed by atoms with Crippen LogP contribution >= 0.6 is 15.9 Å². The molecule has 6 heteroatoms. The second kappa shape index (κ2) is 7.08. The molecule has 0 radical (unpaired) electrons. The van der Waals surface area contributed by atoms with Crippen LogP contribution in [-0.2, 0) is 32.4 Å². The first-order valence-corrected chi connectivity index (χ1v) is 10.4. The second-order valence-electron chi connectivity index (χ2n) is 7.60. The van der Waals surface area contributed by atoms with E-state index in [1.807, 2.05) is 10.7 Å². The van der Waals surface area contributed by atoms with E-state index in [0.717, 1.165) is 72.3 Å². The summed E-state index contributed by atoms with van der Waals surface area (Å²) in [5.74, 6) is -0.358. The van der Waals surface area contributed by atoms with Gasteiger partial charge in [-0.2, -0.15) is 5.10 Å². The van der Waals surface area contributed by atoms with Crippen LogP contribution in [0.15, 0.2) is 40.9 Å². The highest BCUT2D eigenvalue weighted by atomic mass is 79.9. The van der Waals surface area contributed by atoms with E-state index >= 15 is 0 Å². The normalized spacial score (nSPS) is 16.2.